The number of hydrogen-bond donors (Lipinski definition) is 2. The second kappa shape index (κ2) is 8.87. The molecule has 1 unspecified atom stereocenters. The third-order valence-corrected chi connectivity index (χ3v) is 2.62. The minimum atomic E-state index is -0.669. The lowest BCUT2D eigenvalue weighted by molar-refractivity contribution is -0.139. The number of rotatable bonds is 8. The van der Waals surface area contributed by atoms with Crippen molar-refractivity contribution in [3.8, 4) is 0 Å². The van der Waals surface area contributed by atoms with E-state index in [0.29, 0.717) is 11.6 Å². The summed E-state index contributed by atoms with van der Waals surface area (Å²) in [4.78, 5) is 10.8. The lowest BCUT2D eigenvalue weighted by Gasteiger charge is -2.12. The van der Waals surface area contributed by atoms with E-state index in [1.165, 1.54) is 7.11 Å². The zero-order chi connectivity index (χ0) is 14.1. The fraction of sp³-hybridized carbons (Fsp3) is 0.462. The first-order chi connectivity index (χ1) is 9.11. The molecule has 1 aromatic rings. The largest absolute Gasteiger partial charge is 0.468 e. The van der Waals surface area contributed by atoms with Crippen LogP contribution in [0.5, 0.6) is 0 Å². The van der Waals surface area contributed by atoms with Crippen molar-refractivity contribution in [1.29, 1.82) is 0 Å². The normalized spacial score (nSPS) is 12.2. The van der Waals surface area contributed by atoms with Crippen molar-refractivity contribution in [2.24, 2.45) is 0 Å². The molecule has 106 valence electrons. The fourth-order valence-corrected chi connectivity index (χ4v) is 1.49. The van der Waals surface area contributed by atoms with Crippen LogP contribution in [0.3, 0.4) is 0 Å². The molecule has 0 saturated heterocycles. The van der Waals surface area contributed by atoms with E-state index in [0.717, 1.165) is 5.56 Å². The molecule has 0 spiro atoms. The number of carbonyl (C=O) groups is 1. The number of aliphatic hydroxyl groups is 1. The highest BCUT2D eigenvalue weighted by atomic mass is 35.5. The van der Waals surface area contributed by atoms with E-state index < -0.39 is 6.10 Å². The van der Waals surface area contributed by atoms with Gasteiger partial charge >= 0.3 is 5.97 Å². The predicted octanol–water partition coefficient (Wildman–Crippen LogP) is 0.980. The number of methoxy groups -OCH3 is 1. The molecular weight excluding hydrogens is 270 g/mol. The zero-order valence-electron chi connectivity index (χ0n) is 10.8. The van der Waals surface area contributed by atoms with Gasteiger partial charge < -0.3 is 19.9 Å². The smallest absolute Gasteiger partial charge is 0.319 e. The molecule has 0 aliphatic rings. The lowest BCUT2D eigenvalue weighted by Crippen LogP contribution is -2.34. The SMILES string of the molecule is COC(=O)CNCC(O)COCc1ccc(Cl)cc1. The van der Waals surface area contributed by atoms with Crippen LogP contribution in [0.15, 0.2) is 24.3 Å². The number of carbonyl (C=O) groups excluding carboxylic acids is 1. The van der Waals surface area contributed by atoms with Gasteiger partial charge in [0.15, 0.2) is 0 Å². The second-order valence-corrected chi connectivity index (χ2v) is 4.44. The Morgan fingerprint density at radius 1 is 1.42 bits per heavy atom. The van der Waals surface area contributed by atoms with Gasteiger partial charge in [0.25, 0.3) is 0 Å². The van der Waals surface area contributed by atoms with Crippen LogP contribution in [0.1, 0.15) is 5.56 Å². The zero-order valence-corrected chi connectivity index (χ0v) is 11.5. The molecule has 0 aliphatic carbocycles. The minimum absolute atomic E-state index is 0.0742. The number of halogens is 1. The van der Waals surface area contributed by atoms with E-state index in [4.69, 9.17) is 16.3 Å². The Labute approximate surface area is 117 Å². The summed E-state index contributed by atoms with van der Waals surface area (Å²) in [6.07, 6.45) is -0.669. The van der Waals surface area contributed by atoms with Gasteiger partial charge in [0.2, 0.25) is 0 Å². The standard InChI is InChI=1S/C13H18ClNO4/c1-18-13(17)7-15-6-12(16)9-19-8-10-2-4-11(14)5-3-10/h2-5,12,15-16H,6-9H2,1H3. The molecule has 0 fully saturated rings. The van der Waals surface area contributed by atoms with Gasteiger partial charge in [-0.15, -0.1) is 0 Å². The number of esters is 1. The van der Waals surface area contributed by atoms with Gasteiger partial charge in [-0.05, 0) is 17.7 Å². The quantitative estimate of drug-likeness (QED) is 0.698. The van der Waals surface area contributed by atoms with E-state index >= 15 is 0 Å². The highest BCUT2D eigenvalue weighted by Gasteiger charge is 2.06. The second-order valence-electron chi connectivity index (χ2n) is 4.00. The van der Waals surface area contributed by atoms with Crippen molar-refractivity contribution < 1.29 is 19.4 Å². The molecular formula is C13H18ClNO4. The Kier molecular flexibility index (Phi) is 7.43. The highest BCUT2D eigenvalue weighted by Crippen LogP contribution is 2.10. The summed E-state index contributed by atoms with van der Waals surface area (Å²) in [6.45, 7) is 0.947. The summed E-state index contributed by atoms with van der Waals surface area (Å²) in [5, 5.41) is 13.0. The lowest BCUT2D eigenvalue weighted by atomic mass is 10.2. The first kappa shape index (κ1) is 15.9. The fourth-order valence-electron chi connectivity index (χ4n) is 1.37. The molecule has 1 atom stereocenters. The molecule has 0 bridgehead atoms. The Hall–Kier alpha value is -1.14. The van der Waals surface area contributed by atoms with Crippen molar-refractivity contribution >= 4 is 17.6 Å². The molecule has 0 aromatic heterocycles. The van der Waals surface area contributed by atoms with Crippen molar-refractivity contribution in [3.05, 3.63) is 34.9 Å². The highest BCUT2D eigenvalue weighted by molar-refractivity contribution is 6.30. The third-order valence-electron chi connectivity index (χ3n) is 2.37. The topological polar surface area (TPSA) is 67.8 Å². The van der Waals surface area contributed by atoms with Crippen LogP contribution in [0, 0.1) is 0 Å². The van der Waals surface area contributed by atoms with Crippen LogP contribution < -0.4 is 5.32 Å². The summed E-state index contributed by atoms with van der Waals surface area (Å²) in [5.41, 5.74) is 0.985. The monoisotopic (exact) mass is 287 g/mol. The molecule has 0 amide bonds. The molecule has 1 rings (SSSR count). The van der Waals surface area contributed by atoms with Gasteiger partial charge in [-0.25, -0.2) is 0 Å². The van der Waals surface area contributed by atoms with E-state index in [2.05, 4.69) is 10.1 Å². The number of benzene rings is 1. The number of hydrogen-bond acceptors (Lipinski definition) is 5. The molecule has 6 heteroatoms. The molecule has 0 heterocycles. The molecule has 0 saturated carbocycles. The van der Waals surface area contributed by atoms with Crippen LogP contribution in [0.2, 0.25) is 5.02 Å². The average Bonchev–Trinajstić information content (AvgIpc) is 2.41. The summed E-state index contributed by atoms with van der Waals surface area (Å²) in [6, 6.07) is 7.30. The van der Waals surface area contributed by atoms with E-state index in [1.807, 2.05) is 12.1 Å². The van der Waals surface area contributed by atoms with Gasteiger partial charge in [0.1, 0.15) is 0 Å². The van der Waals surface area contributed by atoms with Gasteiger partial charge in [-0.3, -0.25) is 4.79 Å². The van der Waals surface area contributed by atoms with Crippen LogP contribution >= 0.6 is 11.6 Å². The maximum atomic E-state index is 10.8. The molecule has 1 aromatic carbocycles. The number of nitrogens with one attached hydrogen (secondary N) is 1. The molecule has 5 nitrogen and oxygen atoms in total. The Bertz CT molecular complexity index is 383. The predicted molar refractivity (Wildman–Crippen MR) is 72.0 cm³/mol. The average molecular weight is 288 g/mol. The number of ether oxygens (including phenoxy) is 2. The van der Waals surface area contributed by atoms with Crippen molar-refractivity contribution in [2.75, 3.05) is 26.8 Å². The maximum Gasteiger partial charge on any atom is 0.319 e. The van der Waals surface area contributed by atoms with Gasteiger partial charge in [0.05, 0.1) is 33.0 Å². The van der Waals surface area contributed by atoms with Gasteiger partial charge in [-0.2, -0.15) is 0 Å². The van der Waals surface area contributed by atoms with Crippen LogP contribution in [-0.2, 0) is 20.9 Å². The molecule has 19 heavy (non-hydrogen) atoms. The maximum absolute atomic E-state index is 10.8. The molecule has 0 aliphatic heterocycles. The minimum Gasteiger partial charge on any atom is -0.468 e. The van der Waals surface area contributed by atoms with Crippen molar-refractivity contribution in [3.63, 3.8) is 0 Å². The van der Waals surface area contributed by atoms with Crippen molar-refractivity contribution in [1.82, 2.24) is 5.32 Å². The Balaban J connectivity index is 2.11. The Morgan fingerprint density at radius 2 is 2.11 bits per heavy atom. The molecule has 2 N–H and O–H groups in total. The Morgan fingerprint density at radius 3 is 2.74 bits per heavy atom. The first-order valence-electron chi connectivity index (χ1n) is 5.89. The van der Waals surface area contributed by atoms with Crippen LogP contribution in [0.25, 0.3) is 0 Å². The van der Waals surface area contributed by atoms with E-state index in [-0.39, 0.29) is 25.7 Å². The summed E-state index contributed by atoms with van der Waals surface area (Å²) in [7, 11) is 1.32. The van der Waals surface area contributed by atoms with Crippen molar-refractivity contribution in [2.45, 2.75) is 12.7 Å². The van der Waals surface area contributed by atoms with Gasteiger partial charge in [0, 0.05) is 11.6 Å². The van der Waals surface area contributed by atoms with Crippen LogP contribution in [-0.4, -0.2) is 44.0 Å². The van der Waals surface area contributed by atoms with Gasteiger partial charge in [-0.1, -0.05) is 23.7 Å². The van der Waals surface area contributed by atoms with E-state index in [1.54, 1.807) is 12.1 Å². The van der Waals surface area contributed by atoms with E-state index in [9.17, 15) is 9.90 Å². The molecule has 0 radical (unpaired) electrons. The summed E-state index contributed by atoms with van der Waals surface area (Å²) < 4.78 is 9.81. The summed E-state index contributed by atoms with van der Waals surface area (Å²) in [5.74, 6) is -0.366. The summed E-state index contributed by atoms with van der Waals surface area (Å²) >= 11 is 5.76. The number of aliphatic hydroxyl groups excluding tert-OH is 1. The first-order valence-corrected chi connectivity index (χ1v) is 6.27. The van der Waals surface area contributed by atoms with Crippen LogP contribution in [0.4, 0.5) is 0 Å². The third kappa shape index (κ3) is 7.12.